The first-order chi connectivity index (χ1) is 8.86. The van der Waals surface area contributed by atoms with Crippen molar-refractivity contribution in [2.75, 3.05) is 11.9 Å². The molecule has 106 valence electrons. The van der Waals surface area contributed by atoms with Crippen LogP contribution in [0.15, 0.2) is 0 Å². The molecule has 0 fully saturated rings. The topological polar surface area (TPSA) is 98.7 Å². The van der Waals surface area contributed by atoms with Gasteiger partial charge in [0.05, 0.1) is 11.7 Å². The van der Waals surface area contributed by atoms with Crippen molar-refractivity contribution in [3.05, 3.63) is 16.0 Å². The molecule has 0 saturated heterocycles. The number of hydrogen-bond acceptors (Lipinski definition) is 4. The highest BCUT2D eigenvalue weighted by Crippen LogP contribution is 2.32. The van der Waals surface area contributed by atoms with Gasteiger partial charge >= 0.3 is 12.0 Å². The van der Waals surface area contributed by atoms with Gasteiger partial charge in [-0.1, -0.05) is 6.92 Å². The molecule has 0 radical (unpaired) electrons. The first kappa shape index (κ1) is 15.5. The minimum atomic E-state index is -1.06. The Bertz CT molecular complexity index is 484. The molecule has 19 heavy (non-hydrogen) atoms. The fourth-order valence-electron chi connectivity index (χ4n) is 1.47. The van der Waals surface area contributed by atoms with Crippen molar-refractivity contribution in [3.8, 4) is 0 Å². The van der Waals surface area contributed by atoms with E-state index in [1.807, 2.05) is 0 Å². The van der Waals surface area contributed by atoms with Gasteiger partial charge in [-0.25, -0.2) is 9.59 Å². The van der Waals surface area contributed by atoms with Gasteiger partial charge in [0.1, 0.15) is 5.00 Å². The van der Waals surface area contributed by atoms with Crippen molar-refractivity contribution >= 4 is 28.3 Å². The molecule has 0 bridgehead atoms. The van der Waals surface area contributed by atoms with Crippen LogP contribution in [-0.2, 0) is 0 Å². The summed E-state index contributed by atoms with van der Waals surface area (Å²) in [5.41, 5.74) is 0.773. The van der Waals surface area contributed by atoms with Gasteiger partial charge in [0.25, 0.3) is 0 Å². The zero-order chi connectivity index (χ0) is 14.6. The maximum absolute atomic E-state index is 11.6. The van der Waals surface area contributed by atoms with Crippen LogP contribution in [0.1, 0.15) is 34.1 Å². The molecule has 1 heterocycles. The summed E-state index contributed by atoms with van der Waals surface area (Å²) in [5, 5.41) is 23.8. The molecule has 6 nitrogen and oxygen atoms in total. The number of aryl methyl sites for hydroxylation is 1. The van der Waals surface area contributed by atoms with Crippen LogP contribution in [0, 0.1) is 13.8 Å². The predicted molar refractivity (Wildman–Crippen MR) is 74.1 cm³/mol. The third-order valence-corrected chi connectivity index (χ3v) is 3.92. The Morgan fingerprint density at radius 2 is 2.00 bits per heavy atom. The van der Waals surface area contributed by atoms with E-state index in [1.165, 1.54) is 11.3 Å². The van der Waals surface area contributed by atoms with Crippen molar-refractivity contribution in [1.82, 2.24) is 5.32 Å². The average Bonchev–Trinajstić information content (AvgIpc) is 2.61. The quantitative estimate of drug-likeness (QED) is 0.665. The zero-order valence-corrected chi connectivity index (χ0v) is 11.9. The van der Waals surface area contributed by atoms with Gasteiger partial charge in [0.2, 0.25) is 0 Å². The SMILES string of the molecule is CCC(O)CNC(=O)Nc1sc(C)c(C)c1C(=O)O. The molecule has 0 aromatic carbocycles. The van der Waals surface area contributed by atoms with E-state index in [-0.39, 0.29) is 12.1 Å². The molecule has 0 spiro atoms. The number of carboxylic acid groups (broad SMARTS) is 1. The number of carbonyl (C=O) groups excluding carboxylic acids is 1. The van der Waals surface area contributed by atoms with Crippen molar-refractivity contribution in [1.29, 1.82) is 0 Å². The van der Waals surface area contributed by atoms with Crippen molar-refractivity contribution in [2.45, 2.75) is 33.3 Å². The van der Waals surface area contributed by atoms with E-state index in [9.17, 15) is 14.7 Å². The van der Waals surface area contributed by atoms with Gasteiger partial charge < -0.3 is 15.5 Å². The largest absolute Gasteiger partial charge is 0.478 e. The predicted octanol–water partition coefficient (Wildman–Crippen LogP) is 1.96. The molecule has 1 unspecified atom stereocenters. The van der Waals surface area contributed by atoms with E-state index >= 15 is 0 Å². The summed E-state index contributed by atoms with van der Waals surface area (Å²) in [5.74, 6) is -1.06. The highest BCUT2D eigenvalue weighted by atomic mass is 32.1. The number of aromatic carboxylic acids is 1. The van der Waals surface area contributed by atoms with Crippen LogP contribution in [0.25, 0.3) is 0 Å². The number of aliphatic hydroxyl groups is 1. The number of amides is 2. The van der Waals surface area contributed by atoms with Gasteiger partial charge in [-0.3, -0.25) is 5.32 Å². The summed E-state index contributed by atoms with van der Waals surface area (Å²) >= 11 is 1.22. The number of rotatable bonds is 5. The minimum absolute atomic E-state index is 0.119. The normalized spacial score (nSPS) is 12.0. The van der Waals surface area contributed by atoms with Gasteiger partial charge in [-0.15, -0.1) is 11.3 Å². The molecule has 0 aliphatic rings. The average molecular weight is 286 g/mol. The van der Waals surface area contributed by atoms with Crippen molar-refractivity contribution in [2.24, 2.45) is 0 Å². The molecule has 4 N–H and O–H groups in total. The highest BCUT2D eigenvalue weighted by Gasteiger charge is 2.20. The fraction of sp³-hybridized carbons (Fsp3) is 0.500. The molecule has 0 aliphatic heterocycles. The number of anilines is 1. The van der Waals surface area contributed by atoms with E-state index in [4.69, 9.17) is 5.11 Å². The summed E-state index contributed by atoms with van der Waals surface area (Å²) in [6.45, 7) is 5.45. The van der Waals surface area contributed by atoms with Gasteiger partial charge in [0, 0.05) is 11.4 Å². The molecule has 0 saturated carbocycles. The van der Waals surface area contributed by atoms with E-state index in [2.05, 4.69) is 10.6 Å². The second kappa shape index (κ2) is 6.53. The van der Waals surface area contributed by atoms with Crippen LogP contribution < -0.4 is 10.6 Å². The van der Waals surface area contributed by atoms with Crippen LogP contribution in [0.3, 0.4) is 0 Å². The number of aliphatic hydroxyl groups excluding tert-OH is 1. The van der Waals surface area contributed by atoms with E-state index in [0.29, 0.717) is 17.0 Å². The van der Waals surface area contributed by atoms with Gasteiger partial charge in [0.15, 0.2) is 0 Å². The standard InChI is InChI=1S/C12H18N2O4S/c1-4-8(15)5-13-12(18)14-10-9(11(16)17)6(2)7(3)19-10/h8,15H,4-5H2,1-3H3,(H,16,17)(H2,13,14,18). The lowest BCUT2D eigenvalue weighted by molar-refractivity contribution is 0.0697. The number of carbonyl (C=O) groups is 2. The van der Waals surface area contributed by atoms with Crippen LogP contribution in [0.4, 0.5) is 9.80 Å². The summed E-state index contributed by atoms with van der Waals surface area (Å²) < 4.78 is 0. The first-order valence-corrected chi connectivity index (χ1v) is 6.74. The Morgan fingerprint density at radius 3 is 2.53 bits per heavy atom. The minimum Gasteiger partial charge on any atom is -0.478 e. The molecule has 2 amide bonds. The van der Waals surface area contributed by atoms with Crippen LogP contribution in [0.5, 0.6) is 0 Å². The van der Waals surface area contributed by atoms with Gasteiger partial charge in [-0.05, 0) is 25.8 Å². The smallest absolute Gasteiger partial charge is 0.338 e. The number of hydrogen-bond donors (Lipinski definition) is 4. The van der Waals surface area contributed by atoms with Gasteiger partial charge in [-0.2, -0.15) is 0 Å². The monoisotopic (exact) mass is 286 g/mol. The molecule has 0 aliphatic carbocycles. The lowest BCUT2D eigenvalue weighted by Gasteiger charge is -2.10. The Balaban J connectivity index is 2.74. The summed E-state index contributed by atoms with van der Waals surface area (Å²) in [4.78, 5) is 23.6. The maximum Gasteiger partial charge on any atom is 0.338 e. The molecular formula is C12H18N2O4S. The number of urea groups is 1. The number of nitrogens with one attached hydrogen (secondary N) is 2. The zero-order valence-electron chi connectivity index (χ0n) is 11.1. The molecule has 7 heteroatoms. The molecule has 1 atom stereocenters. The maximum atomic E-state index is 11.6. The van der Waals surface area contributed by atoms with Crippen molar-refractivity contribution in [3.63, 3.8) is 0 Å². The van der Waals surface area contributed by atoms with Crippen LogP contribution >= 0.6 is 11.3 Å². The summed E-state index contributed by atoms with van der Waals surface area (Å²) in [7, 11) is 0. The molecule has 1 aromatic rings. The molecular weight excluding hydrogens is 268 g/mol. The van der Waals surface area contributed by atoms with Crippen LogP contribution in [0.2, 0.25) is 0 Å². The first-order valence-electron chi connectivity index (χ1n) is 5.93. The second-order valence-electron chi connectivity index (χ2n) is 4.19. The highest BCUT2D eigenvalue weighted by molar-refractivity contribution is 7.16. The number of carboxylic acids is 1. The van der Waals surface area contributed by atoms with E-state index in [0.717, 1.165) is 4.88 Å². The lowest BCUT2D eigenvalue weighted by Crippen LogP contribution is -2.35. The number of thiophene rings is 1. The Morgan fingerprint density at radius 1 is 1.37 bits per heavy atom. The Kier molecular flexibility index (Phi) is 5.31. The third-order valence-electron chi connectivity index (χ3n) is 2.80. The van der Waals surface area contributed by atoms with E-state index in [1.54, 1.807) is 20.8 Å². The summed E-state index contributed by atoms with van der Waals surface area (Å²) in [6, 6.07) is -0.517. The van der Waals surface area contributed by atoms with Crippen molar-refractivity contribution < 1.29 is 19.8 Å². The fourth-order valence-corrected chi connectivity index (χ4v) is 2.52. The third kappa shape index (κ3) is 3.93. The second-order valence-corrected chi connectivity index (χ2v) is 5.41. The molecule has 1 aromatic heterocycles. The van der Waals surface area contributed by atoms with E-state index < -0.39 is 18.1 Å². The Hall–Kier alpha value is -1.60. The summed E-state index contributed by atoms with van der Waals surface area (Å²) in [6.07, 6.45) is -0.0609. The van der Waals surface area contributed by atoms with Crippen LogP contribution in [-0.4, -0.2) is 34.9 Å². The Labute approximate surface area is 115 Å². The lowest BCUT2D eigenvalue weighted by atomic mass is 10.1. The molecule has 1 rings (SSSR count).